The molecule has 0 aliphatic carbocycles. The van der Waals surface area contributed by atoms with E-state index in [2.05, 4.69) is 15.1 Å². The highest BCUT2D eigenvalue weighted by molar-refractivity contribution is 5.82. The van der Waals surface area contributed by atoms with Gasteiger partial charge < -0.3 is 10.2 Å². The third kappa shape index (κ3) is 6.58. The Kier molecular flexibility index (Phi) is 7.51. The topological polar surface area (TPSA) is 35.6 Å². The van der Waals surface area contributed by atoms with Crippen molar-refractivity contribution < 1.29 is 31.1 Å². The summed E-state index contributed by atoms with van der Waals surface area (Å²) in [5, 5.41) is 2.54. The number of piperidine rings is 1. The van der Waals surface area contributed by atoms with Gasteiger partial charge in [0.05, 0.1) is 17.2 Å². The Morgan fingerprint density at radius 2 is 1.48 bits per heavy atom. The van der Waals surface area contributed by atoms with Crippen LogP contribution in [0.15, 0.2) is 18.2 Å². The molecule has 3 rings (SSSR count). The lowest BCUT2D eigenvalue weighted by atomic mass is 10.0. The van der Waals surface area contributed by atoms with Crippen LogP contribution in [0.3, 0.4) is 0 Å². The number of benzene rings is 1. The van der Waals surface area contributed by atoms with Crippen LogP contribution in [0, 0.1) is 0 Å². The van der Waals surface area contributed by atoms with Gasteiger partial charge in [-0.2, -0.15) is 26.3 Å². The number of hydrogen-bond donors (Lipinski definition) is 1. The fourth-order valence-electron chi connectivity index (χ4n) is 4.27. The number of nitrogens with zero attached hydrogens (tertiary/aromatic N) is 2. The lowest BCUT2D eigenvalue weighted by Gasteiger charge is -2.30. The maximum absolute atomic E-state index is 13.0. The Balaban J connectivity index is 1.61. The fraction of sp³-hybridized carbons (Fsp3) is 0.667. The monoisotopic (exact) mass is 451 g/mol. The van der Waals surface area contributed by atoms with E-state index in [9.17, 15) is 31.1 Å². The number of likely N-dealkylation sites (tertiary alicyclic amines) is 2. The predicted molar refractivity (Wildman–Crippen MR) is 103 cm³/mol. The van der Waals surface area contributed by atoms with Crippen molar-refractivity contribution in [3.05, 3.63) is 34.9 Å². The zero-order valence-electron chi connectivity index (χ0n) is 17.2. The first-order chi connectivity index (χ1) is 14.5. The van der Waals surface area contributed by atoms with Gasteiger partial charge in [0.1, 0.15) is 0 Å². The van der Waals surface area contributed by atoms with Gasteiger partial charge in [0.2, 0.25) is 5.91 Å². The largest absolute Gasteiger partial charge is 0.416 e. The molecule has 2 fully saturated rings. The average Bonchev–Trinajstić information content (AvgIpc) is 3.18. The molecule has 1 atom stereocenters. The summed E-state index contributed by atoms with van der Waals surface area (Å²) in [6.07, 6.45) is -4.78. The Morgan fingerprint density at radius 1 is 0.871 bits per heavy atom. The molecule has 2 aliphatic rings. The van der Waals surface area contributed by atoms with Crippen molar-refractivity contribution in [1.82, 2.24) is 15.1 Å². The Hall–Kier alpha value is -1.81. The van der Waals surface area contributed by atoms with Crippen molar-refractivity contribution in [1.29, 1.82) is 0 Å². The summed E-state index contributed by atoms with van der Waals surface area (Å²) in [5.41, 5.74) is -2.99. The third-order valence-electron chi connectivity index (χ3n) is 5.93. The lowest BCUT2D eigenvalue weighted by molar-refractivity contribution is -0.143. The molecule has 1 N–H and O–H groups in total. The van der Waals surface area contributed by atoms with Gasteiger partial charge in [0.15, 0.2) is 0 Å². The van der Waals surface area contributed by atoms with E-state index >= 15 is 0 Å². The molecule has 2 saturated heterocycles. The molecular formula is C21H27F6N3O. The van der Waals surface area contributed by atoms with Gasteiger partial charge in [-0.25, -0.2) is 0 Å². The molecule has 1 amide bonds. The first kappa shape index (κ1) is 23.8. The van der Waals surface area contributed by atoms with Crippen LogP contribution in [0.25, 0.3) is 0 Å². The molecule has 0 saturated carbocycles. The average molecular weight is 451 g/mol. The van der Waals surface area contributed by atoms with E-state index in [4.69, 9.17) is 0 Å². The zero-order valence-corrected chi connectivity index (χ0v) is 17.2. The standard InChI is InChI=1S/C21H27F6N3O/c22-20(23,24)16-11-15(12-17(13-16)21(25,26)27)14-28-19(31)18-5-4-8-30(18)10-9-29-6-2-1-3-7-29/h11-13,18H,1-10,14H2,(H,28,31). The Labute approximate surface area is 177 Å². The van der Waals surface area contributed by atoms with Crippen molar-refractivity contribution in [2.75, 3.05) is 32.7 Å². The van der Waals surface area contributed by atoms with Gasteiger partial charge in [0, 0.05) is 19.6 Å². The first-order valence-corrected chi connectivity index (χ1v) is 10.6. The summed E-state index contributed by atoms with van der Waals surface area (Å²) >= 11 is 0. The molecule has 2 heterocycles. The maximum atomic E-state index is 13.0. The highest BCUT2D eigenvalue weighted by Crippen LogP contribution is 2.36. The summed E-state index contributed by atoms with van der Waals surface area (Å²) in [6.45, 7) is 4.03. The van der Waals surface area contributed by atoms with Crippen molar-refractivity contribution in [2.45, 2.75) is 57.0 Å². The number of rotatable bonds is 6. The molecular weight excluding hydrogens is 424 g/mol. The van der Waals surface area contributed by atoms with E-state index in [1.807, 2.05) is 0 Å². The molecule has 1 unspecified atom stereocenters. The van der Waals surface area contributed by atoms with Crippen LogP contribution in [0.5, 0.6) is 0 Å². The number of nitrogens with one attached hydrogen (secondary N) is 1. The normalized spacial score (nSPS) is 21.4. The highest BCUT2D eigenvalue weighted by atomic mass is 19.4. The highest BCUT2D eigenvalue weighted by Gasteiger charge is 2.37. The predicted octanol–water partition coefficient (Wildman–Crippen LogP) is 4.29. The quantitative estimate of drug-likeness (QED) is 0.656. The summed E-state index contributed by atoms with van der Waals surface area (Å²) in [7, 11) is 0. The number of halogens is 6. The van der Waals surface area contributed by atoms with E-state index < -0.39 is 29.5 Å². The van der Waals surface area contributed by atoms with E-state index in [1.165, 1.54) is 19.3 Å². The second-order valence-electron chi connectivity index (χ2n) is 8.23. The van der Waals surface area contributed by atoms with E-state index in [-0.39, 0.29) is 24.1 Å². The molecule has 0 radical (unpaired) electrons. The smallest absolute Gasteiger partial charge is 0.351 e. The van der Waals surface area contributed by atoms with Crippen LogP contribution in [0.1, 0.15) is 48.8 Å². The van der Waals surface area contributed by atoms with Gasteiger partial charge >= 0.3 is 12.4 Å². The van der Waals surface area contributed by atoms with Crippen LogP contribution in [0.2, 0.25) is 0 Å². The molecule has 1 aromatic carbocycles. The minimum Gasteiger partial charge on any atom is -0.351 e. The van der Waals surface area contributed by atoms with Crippen LogP contribution in [-0.2, 0) is 23.7 Å². The molecule has 0 aromatic heterocycles. The molecule has 4 nitrogen and oxygen atoms in total. The summed E-state index contributed by atoms with van der Waals surface area (Å²) in [6, 6.07) is 0.985. The minimum absolute atomic E-state index is 0.0879. The number of alkyl halides is 6. The van der Waals surface area contributed by atoms with Crippen molar-refractivity contribution >= 4 is 5.91 Å². The molecule has 0 spiro atoms. The van der Waals surface area contributed by atoms with Crippen LogP contribution in [0.4, 0.5) is 26.3 Å². The second kappa shape index (κ2) is 9.77. The van der Waals surface area contributed by atoms with E-state index in [0.717, 1.165) is 39.1 Å². The molecule has 31 heavy (non-hydrogen) atoms. The molecule has 0 bridgehead atoms. The minimum atomic E-state index is -4.91. The van der Waals surface area contributed by atoms with Gasteiger partial charge in [-0.05, 0) is 69.1 Å². The van der Waals surface area contributed by atoms with Crippen molar-refractivity contribution in [3.63, 3.8) is 0 Å². The Morgan fingerprint density at radius 3 is 2.06 bits per heavy atom. The van der Waals surface area contributed by atoms with Crippen LogP contribution in [-0.4, -0.2) is 54.5 Å². The summed E-state index contributed by atoms with van der Waals surface area (Å²) in [4.78, 5) is 17.0. The summed E-state index contributed by atoms with van der Waals surface area (Å²) in [5.74, 6) is -0.359. The zero-order chi connectivity index (χ0) is 22.6. The molecule has 1 aromatic rings. The van der Waals surface area contributed by atoms with Gasteiger partial charge in [0.25, 0.3) is 0 Å². The summed E-state index contributed by atoms with van der Waals surface area (Å²) < 4.78 is 78.0. The van der Waals surface area contributed by atoms with Gasteiger partial charge in [-0.1, -0.05) is 6.42 Å². The van der Waals surface area contributed by atoms with Crippen LogP contribution < -0.4 is 5.32 Å². The van der Waals surface area contributed by atoms with Crippen LogP contribution >= 0.6 is 0 Å². The number of carbonyl (C=O) groups is 1. The van der Waals surface area contributed by atoms with Gasteiger partial charge in [-0.15, -0.1) is 0 Å². The number of carbonyl (C=O) groups excluding carboxylic acids is 1. The molecule has 10 heteroatoms. The number of amides is 1. The number of hydrogen-bond acceptors (Lipinski definition) is 3. The third-order valence-corrected chi connectivity index (χ3v) is 5.93. The SMILES string of the molecule is O=C(NCc1cc(C(F)(F)F)cc(C(F)(F)F)c1)C1CCCN1CCN1CCCCC1. The van der Waals surface area contributed by atoms with E-state index in [0.29, 0.717) is 18.6 Å². The van der Waals surface area contributed by atoms with Gasteiger partial charge in [-0.3, -0.25) is 9.69 Å². The van der Waals surface area contributed by atoms with Crippen molar-refractivity contribution in [3.8, 4) is 0 Å². The Bertz CT molecular complexity index is 726. The first-order valence-electron chi connectivity index (χ1n) is 10.6. The van der Waals surface area contributed by atoms with Crippen molar-refractivity contribution in [2.24, 2.45) is 0 Å². The molecule has 2 aliphatic heterocycles. The second-order valence-corrected chi connectivity index (χ2v) is 8.23. The lowest BCUT2D eigenvalue weighted by Crippen LogP contribution is -2.46. The maximum Gasteiger partial charge on any atom is 0.416 e. The molecule has 174 valence electrons. The van der Waals surface area contributed by atoms with E-state index in [1.54, 1.807) is 0 Å². The fourth-order valence-corrected chi connectivity index (χ4v) is 4.27.